The molecule has 2 aromatic rings. The normalized spacial score (nSPS) is 15.5. The quantitative estimate of drug-likeness (QED) is 0.418. The predicted octanol–water partition coefficient (Wildman–Crippen LogP) is 1.11. The number of rotatable bonds is 0. The number of nitrogens with two attached hydrogens (primary N) is 1. The van der Waals surface area contributed by atoms with E-state index in [0.29, 0.717) is 15.9 Å². The molecule has 88 valence electrons. The molecule has 1 aliphatic rings. The van der Waals surface area contributed by atoms with Crippen LogP contribution in [0.4, 0.5) is 5.95 Å². The first-order valence-electron chi connectivity index (χ1n) is 5.93. The minimum atomic E-state index is 0.0288. The van der Waals surface area contributed by atoms with Gasteiger partial charge in [-0.1, -0.05) is 6.42 Å². The molecule has 0 amide bonds. The smallest absolute Gasteiger partial charge is 0.288 e. The van der Waals surface area contributed by atoms with E-state index < -0.39 is 0 Å². The number of hydrogen-bond acceptors (Lipinski definition) is 4. The molecular weight excluding hydrogens is 216 g/mol. The number of nitrogen functional groups attached to an aromatic ring is 1. The summed E-state index contributed by atoms with van der Waals surface area (Å²) in [6.45, 7) is 0. The highest BCUT2D eigenvalue weighted by Gasteiger charge is 2.15. The van der Waals surface area contributed by atoms with E-state index in [0.717, 1.165) is 12.8 Å². The summed E-state index contributed by atoms with van der Waals surface area (Å²) in [6.07, 6.45) is 5.74. The first-order valence-corrected chi connectivity index (χ1v) is 5.93. The van der Waals surface area contributed by atoms with E-state index >= 15 is 0 Å². The maximum atomic E-state index is 11.7. The van der Waals surface area contributed by atoms with Crippen LogP contribution in [0.1, 0.15) is 30.4 Å². The lowest BCUT2D eigenvalue weighted by molar-refractivity contribution is -0.641. The van der Waals surface area contributed by atoms with Crippen LogP contribution >= 0.6 is 0 Å². The molecule has 0 spiro atoms. The highest BCUT2D eigenvalue weighted by atomic mass is 16.5. The average molecular weight is 230 g/mol. The van der Waals surface area contributed by atoms with E-state index in [1.54, 1.807) is 0 Å². The molecule has 17 heavy (non-hydrogen) atoms. The average Bonchev–Trinajstić information content (AvgIpc) is 2.51. The van der Waals surface area contributed by atoms with E-state index in [1.807, 2.05) is 12.1 Å². The third-order valence-corrected chi connectivity index (χ3v) is 3.32. The van der Waals surface area contributed by atoms with Crippen molar-refractivity contribution in [1.29, 1.82) is 0 Å². The van der Waals surface area contributed by atoms with Gasteiger partial charge in [-0.15, -0.1) is 0 Å². The lowest BCUT2D eigenvalue weighted by atomic mass is 10.0. The molecule has 0 bridgehead atoms. The first-order chi connectivity index (χ1) is 8.24. The molecule has 1 aliphatic carbocycles. The highest BCUT2D eigenvalue weighted by Crippen LogP contribution is 2.23. The highest BCUT2D eigenvalue weighted by molar-refractivity contribution is 5.74. The fourth-order valence-electron chi connectivity index (χ4n) is 2.47. The van der Waals surface area contributed by atoms with Gasteiger partial charge in [-0.25, -0.2) is 4.98 Å². The van der Waals surface area contributed by atoms with Gasteiger partial charge in [-0.05, 0) is 47.7 Å². The lowest BCUT2D eigenvalue weighted by Gasteiger charge is -2.06. The Bertz CT molecular complexity index is 582. The van der Waals surface area contributed by atoms with Crippen LogP contribution in [0.25, 0.3) is 11.0 Å². The largest absolute Gasteiger partial charge is 0.594 e. The van der Waals surface area contributed by atoms with Crippen LogP contribution in [0.2, 0.25) is 0 Å². The zero-order valence-corrected chi connectivity index (χ0v) is 9.52. The molecule has 0 unspecified atom stereocenters. The van der Waals surface area contributed by atoms with E-state index in [4.69, 9.17) is 5.73 Å². The van der Waals surface area contributed by atoms with Gasteiger partial charge in [0.15, 0.2) is 0 Å². The van der Waals surface area contributed by atoms with E-state index in [9.17, 15) is 5.21 Å². The van der Waals surface area contributed by atoms with Gasteiger partial charge in [0.25, 0.3) is 11.5 Å². The summed E-state index contributed by atoms with van der Waals surface area (Å²) in [7, 11) is 0. The lowest BCUT2D eigenvalue weighted by Crippen LogP contribution is -2.33. The number of benzene rings is 1. The van der Waals surface area contributed by atoms with Crippen molar-refractivity contribution in [3.63, 3.8) is 0 Å². The molecule has 2 N–H and O–H groups in total. The van der Waals surface area contributed by atoms with Crippen molar-refractivity contribution in [2.24, 2.45) is 0 Å². The van der Waals surface area contributed by atoms with Crippen molar-refractivity contribution in [2.75, 3.05) is 5.73 Å². The second-order valence-corrected chi connectivity index (χ2v) is 4.51. The van der Waals surface area contributed by atoms with Gasteiger partial charge in [0, 0.05) is 6.07 Å². The summed E-state index contributed by atoms with van der Waals surface area (Å²) in [6, 6.07) is 3.91. The molecule has 0 atom stereocenters. The minimum absolute atomic E-state index is 0.0288. The Morgan fingerprint density at radius 2 is 1.82 bits per heavy atom. The number of aromatic nitrogens is 3. The molecule has 5 nitrogen and oxygen atoms in total. The molecule has 0 fully saturated rings. The SMILES string of the molecule is Nc1nc2cc3c(cc2[n+]([O-])n1)CCCCC3. The maximum Gasteiger partial charge on any atom is 0.288 e. The van der Waals surface area contributed by atoms with Gasteiger partial charge in [-0.3, -0.25) is 0 Å². The van der Waals surface area contributed by atoms with E-state index in [1.165, 1.54) is 30.4 Å². The maximum absolute atomic E-state index is 11.7. The predicted molar refractivity (Wildman–Crippen MR) is 64.2 cm³/mol. The number of aryl methyl sites for hydroxylation is 2. The van der Waals surface area contributed by atoms with Crippen molar-refractivity contribution in [3.05, 3.63) is 28.5 Å². The van der Waals surface area contributed by atoms with Crippen molar-refractivity contribution in [1.82, 2.24) is 10.1 Å². The Hall–Kier alpha value is -1.91. The monoisotopic (exact) mass is 230 g/mol. The molecule has 0 saturated carbocycles. The molecule has 1 aromatic heterocycles. The van der Waals surface area contributed by atoms with E-state index in [-0.39, 0.29) is 5.95 Å². The molecule has 1 heterocycles. The van der Waals surface area contributed by atoms with Crippen molar-refractivity contribution >= 4 is 17.0 Å². The van der Waals surface area contributed by atoms with Crippen LogP contribution in [-0.4, -0.2) is 10.1 Å². The van der Waals surface area contributed by atoms with Crippen LogP contribution in [0.5, 0.6) is 0 Å². The van der Waals surface area contributed by atoms with Gasteiger partial charge < -0.3 is 10.9 Å². The Labute approximate surface area is 98.9 Å². The fourth-order valence-corrected chi connectivity index (χ4v) is 2.47. The van der Waals surface area contributed by atoms with Crippen molar-refractivity contribution < 1.29 is 4.85 Å². The van der Waals surface area contributed by atoms with Crippen molar-refractivity contribution in [3.8, 4) is 0 Å². The standard InChI is InChI=1S/C12H14N4O/c13-12-14-10-6-8-4-2-1-3-5-9(8)7-11(10)16(17)15-12/h6-7H,1-5H2,(H2,13,14,15). The zero-order valence-electron chi connectivity index (χ0n) is 9.52. The second-order valence-electron chi connectivity index (χ2n) is 4.51. The van der Waals surface area contributed by atoms with Crippen LogP contribution in [-0.2, 0) is 12.8 Å². The summed E-state index contributed by atoms with van der Waals surface area (Å²) >= 11 is 0. The Morgan fingerprint density at radius 3 is 2.59 bits per heavy atom. The molecule has 1 aromatic carbocycles. The van der Waals surface area contributed by atoms with Gasteiger partial charge in [0.2, 0.25) is 0 Å². The molecule has 0 aliphatic heterocycles. The molecule has 0 radical (unpaired) electrons. The van der Waals surface area contributed by atoms with Gasteiger partial charge in [-0.2, -0.15) is 0 Å². The topological polar surface area (TPSA) is 78.7 Å². The fraction of sp³-hybridized carbons (Fsp3) is 0.417. The van der Waals surface area contributed by atoms with Gasteiger partial charge in [0.05, 0.1) is 5.10 Å². The summed E-state index contributed by atoms with van der Waals surface area (Å²) < 4.78 is 0. The summed E-state index contributed by atoms with van der Waals surface area (Å²) in [5, 5.41) is 15.3. The van der Waals surface area contributed by atoms with Crippen LogP contribution in [0, 0.1) is 5.21 Å². The van der Waals surface area contributed by atoms with Crippen molar-refractivity contribution in [2.45, 2.75) is 32.1 Å². The molecular formula is C12H14N4O. The first kappa shape index (κ1) is 10.3. The third-order valence-electron chi connectivity index (χ3n) is 3.32. The van der Waals surface area contributed by atoms with Crippen LogP contribution in [0.15, 0.2) is 12.1 Å². The molecule has 3 rings (SSSR count). The van der Waals surface area contributed by atoms with Gasteiger partial charge >= 0.3 is 0 Å². The number of anilines is 1. The Morgan fingerprint density at radius 1 is 1.12 bits per heavy atom. The van der Waals surface area contributed by atoms with Gasteiger partial charge in [0.1, 0.15) is 5.52 Å². The van der Waals surface area contributed by atoms with E-state index in [2.05, 4.69) is 10.1 Å². The molecule has 5 heteroatoms. The van der Waals surface area contributed by atoms with Crippen LogP contribution < -0.4 is 10.6 Å². The number of hydrogen-bond donors (Lipinski definition) is 1. The molecule has 0 saturated heterocycles. The summed E-state index contributed by atoms with van der Waals surface area (Å²) in [5.74, 6) is 0.0288. The summed E-state index contributed by atoms with van der Waals surface area (Å²) in [4.78, 5) is 4.69. The Balaban J connectivity index is 2.25. The summed E-state index contributed by atoms with van der Waals surface area (Å²) in [5.41, 5.74) is 9.21. The van der Waals surface area contributed by atoms with Crippen LogP contribution in [0.3, 0.4) is 0 Å². The minimum Gasteiger partial charge on any atom is -0.594 e. The third kappa shape index (κ3) is 1.77. The zero-order chi connectivity index (χ0) is 11.8. The second kappa shape index (κ2) is 3.84. The Kier molecular flexibility index (Phi) is 2.31. The number of fused-ring (bicyclic) bond motifs is 2. The number of nitrogens with zero attached hydrogens (tertiary/aromatic N) is 3.